The minimum Gasteiger partial charge on any atom is -0.351 e. The Morgan fingerprint density at radius 2 is 2.31 bits per heavy atom. The molecule has 0 saturated carbocycles. The monoisotopic (exact) mass is 180 g/mol. The Kier molecular flexibility index (Phi) is 1.76. The largest absolute Gasteiger partial charge is 0.351 e. The fraction of sp³-hybridized carbons (Fsp3) is 0.750. The van der Waals surface area contributed by atoms with Gasteiger partial charge in [0.2, 0.25) is 0 Å². The second-order valence-electron chi connectivity index (χ2n) is 3.65. The number of fused-ring (bicyclic) bond motifs is 1. The molecule has 5 nitrogen and oxygen atoms in total. The Bertz CT molecular complexity index is 272. The van der Waals surface area contributed by atoms with Crippen molar-refractivity contribution in [2.45, 2.75) is 12.5 Å². The van der Waals surface area contributed by atoms with E-state index in [0.29, 0.717) is 12.5 Å². The summed E-state index contributed by atoms with van der Waals surface area (Å²) in [6.45, 7) is 2.19. The van der Waals surface area contributed by atoms with E-state index in [-0.39, 0.29) is 12.1 Å². The summed E-state index contributed by atoms with van der Waals surface area (Å²) in [4.78, 5) is 14.4. The first-order valence-corrected chi connectivity index (χ1v) is 4.43. The van der Waals surface area contributed by atoms with E-state index < -0.39 is 0 Å². The molecule has 2 heterocycles. The first-order valence-electron chi connectivity index (χ1n) is 4.43. The number of nitrogens with two attached hydrogens (primary N) is 1. The zero-order chi connectivity index (χ0) is 9.42. The summed E-state index contributed by atoms with van der Waals surface area (Å²) >= 11 is 0. The van der Waals surface area contributed by atoms with Gasteiger partial charge in [-0.1, -0.05) is 0 Å². The summed E-state index contributed by atoms with van der Waals surface area (Å²) in [5, 5.41) is 8.69. The van der Waals surface area contributed by atoms with Crippen molar-refractivity contribution in [2.24, 2.45) is 11.7 Å². The second kappa shape index (κ2) is 2.80. The third kappa shape index (κ3) is 1.18. The van der Waals surface area contributed by atoms with Gasteiger partial charge in [0, 0.05) is 25.6 Å². The molecule has 2 unspecified atom stereocenters. The van der Waals surface area contributed by atoms with Crippen LogP contribution in [-0.2, 0) is 0 Å². The highest BCUT2D eigenvalue weighted by Crippen LogP contribution is 2.30. The van der Waals surface area contributed by atoms with Crippen LogP contribution in [-0.4, -0.2) is 41.5 Å². The molecule has 0 aliphatic carbocycles. The average molecular weight is 180 g/mol. The molecule has 2 amide bonds. The SMILES string of the molecule is N#CN1CC2CCN(C(N)=O)C2C1. The number of likely N-dealkylation sites (tertiary alicyclic amines) is 2. The van der Waals surface area contributed by atoms with Crippen LogP contribution in [0.15, 0.2) is 0 Å². The smallest absolute Gasteiger partial charge is 0.315 e. The lowest BCUT2D eigenvalue weighted by atomic mass is 10.1. The lowest BCUT2D eigenvalue weighted by molar-refractivity contribution is 0.199. The molecule has 2 fully saturated rings. The number of hydrogen-bond donors (Lipinski definition) is 1. The fourth-order valence-corrected chi connectivity index (χ4v) is 2.32. The average Bonchev–Trinajstić information content (AvgIpc) is 2.59. The summed E-state index contributed by atoms with van der Waals surface area (Å²) in [6, 6.07) is -0.176. The van der Waals surface area contributed by atoms with Crippen molar-refractivity contribution in [2.75, 3.05) is 19.6 Å². The topological polar surface area (TPSA) is 73.4 Å². The number of rotatable bonds is 0. The Balaban J connectivity index is 2.08. The van der Waals surface area contributed by atoms with Crippen molar-refractivity contribution in [3.8, 4) is 6.19 Å². The number of hydrogen-bond acceptors (Lipinski definition) is 3. The number of carbonyl (C=O) groups excluding carboxylic acids is 1. The highest BCUT2D eigenvalue weighted by atomic mass is 16.2. The molecule has 2 N–H and O–H groups in total. The van der Waals surface area contributed by atoms with Gasteiger partial charge in [-0.15, -0.1) is 0 Å². The molecule has 70 valence electrons. The van der Waals surface area contributed by atoms with Crippen LogP contribution in [0.2, 0.25) is 0 Å². The maximum atomic E-state index is 11.0. The molecule has 2 atom stereocenters. The Labute approximate surface area is 76.7 Å². The van der Waals surface area contributed by atoms with Crippen LogP contribution < -0.4 is 5.73 Å². The van der Waals surface area contributed by atoms with Crippen molar-refractivity contribution in [3.63, 3.8) is 0 Å². The van der Waals surface area contributed by atoms with E-state index in [9.17, 15) is 4.79 Å². The standard InChI is InChI=1S/C8H12N4O/c9-5-11-3-6-1-2-12(8(10)13)7(6)4-11/h6-7H,1-4H2,(H2,10,13). The Morgan fingerprint density at radius 1 is 1.54 bits per heavy atom. The number of urea groups is 1. The molecule has 2 saturated heterocycles. The van der Waals surface area contributed by atoms with Gasteiger partial charge in [-0.25, -0.2) is 4.79 Å². The molecule has 0 aromatic rings. The lowest BCUT2D eigenvalue weighted by Gasteiger charge is -2.20. The van der Waals surface area contributed by atoms with E-state index in [1.165, 1.54) is 0 Å². The van der Waals surface area contributed by atoms with Crippen molar-refractivity contribution in [1.82, 2.24) is 9.80 Å². The summed E-state index contributed by atoms with van der Waals surface area (Å²) in [5.41, 5.74) is 5.23. The van der Waals surface area contributed by atoms with Crippen LogP contribution in [0, 0.1) is 17.4 Å². The second-order valence-corrected chi connectivity index (χ2v) is 3.65. The Hall–Kier alpha value is -1.44. The quantitative estimate of drug-likeness (QED) is 0.513. The van der Waals surface area contributed by atoms with E-state index in [1.807, 2.05) is 0 Å². The number of amides is 2. The summed E-state index contributed by atoms with van der Waals surface area (Å²) in [6.07, 6.45) is 3.08. The molecule has 0 bridgehead atoms. The summed E-state index contributed by atoms with van der Waals surface area (Å²) in [5.74, 6) is 0.451. The van der Waals surface area contributed by atoms with Crippen LogP contribution >= 0.6 is 0 Å². The molecule has 2 aliphatic heterocycles. The summed E-state index contributed by atoms with van der Waals surface area (Å²) in [7, 11) is 0. The van der Waals surface area contributed by atoms with Gasteiger partial charge >= 0.3 is 6.03 Å². The first kappa shape index (κ1) is 8.17. The molecule has 2 aliphatic rings. The van der Waals surface area contributed by atoms with Gasteiger partial charge in [0.15, 0.2) is 6.19 Å². The molecule has 0 aromatic heterocycles. The molecular weight excluding hydrogens is 168 g/mol. The van der Waals surface area contributed by atoms with Crippen LogP contribution in [0.3, 0.4) is 0 Å². The molecule has 2 rings (SSSR count). The van der Waals surface area contributed by atoms with Gasteiger partial charge in [-0.2, -0.15) is 5.26 Å². The van der Waals surface area contributed by atoms with Gasteiger partial charge in [0.25, 0.3) is 0 Å². The number of nitrogens with zero attached hydrogens (tertiary/aromatic N) is 3. The van der Waals surface area contributed by atoms with Crippen LogP contribution in [0.5, 0.6) is 0 Å². The van der Waals surface area contributed by atoms with Gasteiger partial charge in [-0.05, 0) is 6.42 Å². The third-order valence-corrected chi connectivity index (χ3v) is 2.97. The van der Waals surface area contributed by atoms with Crippen LogP contribution in [0.4, 0.5) is 4.79 Å². The molecular formula is C8H12N4O. The van der Waals surface area contributed by atoms with Crippen molar-refractivity contribution in [1.29, 1.82) is 5.26 Å². The third-order valence-electron chi connectivity index (χ3n) is 2.97. The van der Waals surface area contributed by atoms with Crippen molar-refractivity contribution < 1.29 is 4.79 Å². The van der Waals surface area contributed by atoms with Crippen molar-refractivity contribution >= 4 is 6.03 Å². The zero-order valence-corrected chi connectivity index (χ0v) is 7.31. The van der Waals surface area contributed by atoms with E-state index in [0.717, 1.165) is 19.5 Å². The predicted octanol–water partition coefficient (Wildman–Crippen LogP) is -0.448. The van der Waals surface area contributed by atoms with Crippen LogP contribution in [0.25, 0.3) is 0 Å². The minimum absolute atomic E-state index is 0.178. The first-order chi connectivity index (χ1) is 6.22. The Morgan fingerprint density at radius 3 is 2.92 bits per heavy atom. The lowest BCUT2D eigenvalue weighted by Crippen LogP contribution is -2.42. The number of primary amides is 1. The van der Waals surface area contributed by atoms with E-state index in [4.69, 9.17) is 11.0 Å². The van der Waals surface area contributed by atoms with Crippen LogP contribution in [0.1, 0.15) is 6.42 Å². The normalized spacial score (nSPS) is 31.6. The molecule has 0 radical (unpaired) electrons. The maximum absolute atomic E-state index is 11.0. The molecule has 13 heavy (non-hydrogen) atoms. The summed E-state index contributed by atoms with van der Waals surface area (Å²) < 4.78 is 0. The zero-order valence-electron chi connectivity index (χ0n) is 7.31. The van der Waals surface area contributed by atoms with E-state index in [1.54, 1.807) is 9.80 Å². The van der Waals surface area contributed by atoms with Crippen molar-refractivity contribution in [3.05, 3.63) is 0 Å². The minimum atomic E-state index is -0.354. The maximum Gasteiger partial charge on any atom is 0.315 e. The predicted molar refractivity (Wildman–Crippen MR) is 45.4 cm³/mol. The van der Waals surface area contributed by atoms with Gasteiger partial charge in [0.1, 0.15) is 0 Å². The van der Waals surface area contributed by atoms with E-state index >= 15 is 0 Å². The molecule has 0 spiro atoms. The number of carbonyl (C=O) groups is 1. The number of nitriles is 1. The highest BCUT2D eigenvalue weighted by Gasteiger charge is 2.42. The van der Waals surface area contributed by atoms with E-state index in [2.05, 4.69) is 6.19 Å². The van der Waals surface area contributed by atoms with Gasteiger partial charge < -0.3 is 15.5 Å². The molecule has 0 aromatic carbocycles. The highest BCUT2D eigenvalue weighted by molar-refractivity contribution is 5.72. The van der Waals surface area contributed by atoms with Gasteiger partial charge in [-0.3, -0.25) is 0 Å². The van der Waals surface area contributed by atoms with Gasteiger partial charge in [0.05, 0.1) is 6.04 Å². The fourth-order valence-electron chi connectivity index (χ4n) is 2.32. The molecule has 5 heteroatoms.